The van der Waals surface area contributed by atoms with Crippen molar-refractivity contribution in [2.24, 2.45) is 0 Å². The van der Waals surface area contributed by atoms with E-state index in [9.17, 15) is 4.79 Å². The Morgan fingerprint density at radius 3 is 2.76 bits per heavy atom. The van der Waals surface area contributed by atoms with Gasteiger partial charge in [-0.05, 0) is 36.4 Å². The Hall–Kier alpha value is -2.88. The zero-order valence-electron chi connectivity index (χ0n) is 11.5. The highest BCUT2D eigenvalue weighted by Crippen LogP contribution is 2.24. The van der Waals surface area contributed by atoms with Crippen molar-refractivity contribution in [1.82, 2.24) is 4.98 Å². The second-order valence-electron chi connectivity index (χ2n) is 4.53. The van der Waals surface area contributed by atoms with Crippen molar-refractivity contribution in [3.8, 4) is 5.75 Å². The summed E-state index contributed by atoms with van der Waals surface area (Å²) in [5, 5.41) is 3.82. The summed E-state index contributed by atoms with van der Waals surface area (Å²) in [7, 11) is 1.55. The van der Waals surface area contributed by atoms with Crippen LogP contribution >= 0.6 is 0 Å². The van der Waals surface area contributed by atoms with Crippen molar-refractivity contribution in [2.75, 3.05) is 12.4 Å². The molecule has 0 saturated heterocycles. The van der Waals surface area contributed by atoms with E-state index in [2.05, 4.69) is 10.3 Å². The predicted octanol–water partition coefficient (Wildman–Crippen LogP) is 3.50. The molecule has 3 aromatic rings. The number of benzene rings is 2. The van der Waals surface area contributed by atoms with Gasteiger partial charge in [-0.15, -0.1) is 0 Å². The largest absolute Gasteiger partial charge is 0.496 e. The average molecular weight is 278 g/mol. The maximum absolute atomic E-state index is 12.4. The fourth-order valence-corrected chi connectivity index (χ4v) is 2.23. The Balaban J connectivity index is 1.97. The summed E-state index contributed by atoms with van der Waals surface area (Å²) in [4.78, 5) is 16.7. The number of hydrogen-bond donors (Lipinski definition) is 1. The molecule has 0 radical (unpaired) electrons. The van der Waals surface area contributed by atoms with Crippen LogP contribution in [-0.4, -0.2) is 18.0 Å². The van der Waals surface area contributed by atoms with E-state index >= 15 is 0 Å². The Labute approximate surface area is 122 Å². The van der Waals surface area contributed by atoms with Gasteiger partial charge in [-0.2, -0.15) is 0 Å². The number of anilines is 1. The van der Waals surface area contributed by atoms with Gasteiger partial charge in [0.2, 0.25) is 0 Å². The van der Waals surface area contributed by atoms with Gasteiger partial charge >= 0.3 is 0 Å². The molecular weight excluding hydrogens is 264 g/mol. The Morgan fingerprint density at radius 2 is 1.90 bits per heavy atom. The van der Waals surface area contributed by atoms with Crippen LogP contribution in [0.15, 0.2) is 60.8 Å². The van der Waals surface area contributed by atoms with Crippen LogP contribution in [-0.2, 0) is 0 Å². The summed E-state index contributed by atoms with van der Waals surface area (Å²) < 4.78 is 5.22. The Bertz CT molecular complexity index is 794. The van der Waals surface area contributed by atoms with Gasteiger partial charge < -0.3 is 10.1 Å². The van der Waals surface area contributed by atoms with E-state index in [0.29, 0.717) is 11.3 Å². The fourth-order valence-electron chi connectivity index (χ4n) is 2.23. The van der Waals surface area contributed by atoms with E-state index in [-0.39, 0.29) is 5.91 Å². The van der Waals surface area contributed by atoms with Gasteiger partial charge in [0, 0.05) is 11.6 Å². The summed E-state index contributed by atoms with van der Waals surface area (Å²) in [5.41, 5.74) is 2.08. The van der Waals surface area contributed by atoms with Crippen LogP contribution in [0.2, 0.25) is 0 Å². The molecule has 21 heavy (non-hydrogen) atoms. The second-order valence-corrected chi connectivity index (χ2v) is 4.53. The molecule has 4 nitrogen and oxygen atoms in total. The standard InChI is InChI=1S/C17H14N2O2/c1-21-16-10-3-2-6-13(16)17(20)19-15-9-4-8-14-12(15)7-5-11-18-14/h2-11H,1H3,(H,19,20). The van der Waals surface area contributed by atoms with Gasteiger partial charge in [0.15, 0.2) is 0 Å². The smallest absolute Gasteiger partial charge is 0.259 e. The molecule has 1 amide bonds. The van der Waals surface area contributed by atoms with E-state index in [1.807, 2.05) is 42.5 Å². The number of nitrogens with one attached hydrogen (secondary N) is 1. The van der Waals surface area contributed by atoms with Gasteiger partial charge in [0.25, 0.3) is 5.91 Å². The van der Waals surface area contributed by atoms with Crippen molar-refractivity contribution in [2.45, 2.75) is 0 Å². The van der Waals surface area contributed by atoms with Crippen molar-refractivity contribution in [3.05, 3.63) is 66.4 Å². The third-order valence-corrected chi connectivity index (χ3v) is 3.25. The molecule has 1 aromatic heterocycles. The Kier molecular flexibility index (Phi) is 3.51. The van der Waals surface area contributed by atoms with Gasteiger partial charge in [-0.3, -0.25) is 9.78 Å². The van der Waals surface area contributed by atoms with Gasteiger partial charge in [0.05, 0.1) is 23.9 Å². The minimum absolute atomic E-state index is 0.205. The molecule has 2 aromatic carbocycles. The third-order valence-electron chi connectivity index (χ3n) is 3.25. The molecule has 0 bridgehead atoms. The maximum Gasteiger partial charge on any atom is 0.259 e. The summed E-state index contributed by atoms with van der Waals surface area (Å²) in [6.07, 6.45) is 1.73. The first-order chi connectivity index (χ1) is 10.3. The van der Waals surface area contributed by atoms with Gasteiger partial charge in [-0.25, -0.2) is 0 Å². The summed E-state index contributed by atoms with van der Waals surface area (Å²) in [6.45, 7) is 0. The van der Waals surface area contributed by atoms with E-state index in [1.54, 1.807) is 25.4 Å². The number of carbonyl (C=O) groups excluding carboxylic acids is 1. The summed E-state index contributed by atoms with van der Waals surface area (Å²) in [6, 6.07) is 16.6. The highest BCUT2D eigenvalue weighted by molar-refractivity contribution is 6.10. The highest BCUT2D eigenvalue weighted by Gasteiger charge is 2.12. The van der Waals surface area contributed by atoms with E-state index in [0.717, 1.165) is 16.6 Å². The molecule has 0 unspecified atom stereocenters. The number of ether oxygens (including phenoxy) is 1. The molecular formula is C17H14N2O2. The zero-order valence-corrected chi connectivity index (χ0v) is 11.5. The molecule has 0 saturated carbocycles. The molecule has 1 N–H and O–H groups in total. The first-order valence-electron chi connectivity index (χ1n) is 6.58. The maximum atomic E-state index is 12.4. The van der Waals surface area contributed by atoms with Crippen molar-refractivity contribution < 1.29 is 9.53 Å². The summed E-state index contributed by atoms with van der Waals surface area (Å²) in [5.74, 6) is 0.345. The number of methoxy groups -OCH3 is 1. The monoisotopic (exact) mass is 278 g/mol. The molecule has 0 aliphatic carbocycles. The number of aromatic nitrogens is 1. The fraction of sp³-hybridized carbons (Fsp3) is 0.0588. The minimum Gasteiger partial charge on any atom is -0.496 e. The van der Waals surface area contributed by atoms with Crippen LogP contribution in [0, 0.1) is 0 Å². The lowest BCUT2D eigenvalue weighted by atomic mass is 10.1. The number of nitrogens with zero attached hydrogens (tertiary/aromatic N) is 1. The highest BCUT2D eigenvalue weighted by atomic mass is 16.5. The van der Waals surface area contributed by atoms with Crippen LogP contribution in [0.4, 0.5) is 5.69 Å². The molecule has 104 valence electrons. The summed E-state index contributed by atoms with van der Waals surface area (Å²) >= 11 is 0. The molecule has 0 spiro atoms. The quantitative estimate of drug-likeness (QED) is 0.797. The van der Waals surface area contributed by atoms with Gasteiger partial charge in [0.1, 0.15) is 5.75 Å². The molecule has 4 heteroatoms. The van der Waals surface area contributed by atoms with E-state index in [4.69, 9.17) is 4.74 Å². The topological polar surface area (TPSA) is 51.2 Å². The number of hydrogen-bond acceptors (Lipinski definition) is 3. The van der Waals surface area contributed by atoms with Gasteiger partial charge in [-0.1, -0.05) is 18.2 Å². The first-order valence-corrected chi connectivity index (χ1v) is 6.58. The molecule has 0 aliphatic heterocycles. The minimum atomic E-state index is -0.205. The SMILES string of the molecule is COc1ccccc1C(=O)Nc1cccc2ncccc12. The van der Waals surface area contributed by atoms with Crippen LogP contribution in [0.25, 0.3) is 10.9 Å². The lowest BCUT2D eigenvalue weighted by Crippen LogP contribution is -2.13. The third kappa shape index (κ3) is 2.56. The molecule has 3 rings (SSSR count). The lowest BCUT2D eigenvalue weighted by Gasteiger charge is -2.10. The first kappa shape index (κ1) is 13.1. The number of carbonyl (C=O) groups is 1. The number of amides is 1. The number of para-hydroxylation sites is 1. The molecule has 0 fully saturated rings. The zero-order chi connectivity index (χ0) is 14.7. The number of fused-ring (bicyclic) bond motifs is 1. The number of pyridine rings is 1. The number of rotatable bonds is 3. The second kappa shape index (κ2) is 5.63. The normalized spacial score (nSPS) is 10.3. The lowest BCUT2D eigenvalue weighted by molar-refractivity contribution is 0.102. The van der Waals surface area contributed by atoms with Crippen molar-refractivity contribution in [1.29, 1.82) is 0 Å². The van der Waals surface area contributed by atoms with Crippen molar-refractivity contribution in [3.63, 3.8) is 0 Å². The van der Waals surface area contributed by atoms with Crippen LogP contribution in [0.1, 0.15) is 10.4 Å². The Morgan fingerprint density at radius 1 is 1.05 bits per heavy atom. The van der Waals surface area contributed by atoms with E-state index in [1.165, 1.54) is 0 Å². The molecule has 0 atom stereocenters. The van der Waals surface area contributed by atoms with E-state index < -0.39 is 0 Å². The predicted molar refractivity (Wildman–Crippen MR) is 82.7 cm³/mol. The van der Waals surface area contributed by atoms with Crippen LogP contribution in [0.3, 0.4) is 0 Å². The molecule has 0 aliphatic rings. The van der Waals surface area contributed by atoms with Crippen LogP contribution in [0.5, 0.6) is 5.75 Å². The van der Waals surface area contributed by atoms with Crippen LogP contribution < -0.4 is 10.1 Å². The van der Waals surface area contributed by atoms with Crippen molar-refractivity contribution >= 4 is 22.5 Å². The average Bonchev–Trinajstić information content (AvgIpc) is 2.55. The molecule has 1 heterocycles.